The summed E-state index contributed by atoms with van der Waals surface area (Å²) in [6, 6.07) is 20.1. The van der Waals surface area contributed by atoms with Crippen LogP contribution in [-0.4, -0.2) is 25.5 Å². The summed E-state index contributed by atoms with van der Waals surface area (Å²) in [7, 11) is 1.30. The normalized spacial score (nSPS) is 11.9. The smallest absolute Gasteiger partial charge is 0.325 e. The topological polar surface area (TPSA) is 55.4 Å². The highest BCUT2D eigenvalue weighted by atomic mass is 16.5. The molecule has 0 aliphatic rings. The Kier molecular flexibility index (Phi) is 8.13. The molecule has 0 aliphatic carbocycles. The molecule has 2 rings (SSSR count). The molecule has 0 fully saturated rings. The lowest BCUT2D eigenvalue weighted by Crippen LogP contribution is -2.35. The molecule has 26 heavy (non-hydrogen) atoms. The van der Waals surface area contributed by atoms with Gasteiger partial charge < -0.3 is 10.1 Å². The van der Waals surface area contributed by atoms with Crippen LogP contribution < -0.4 is 5.32 Å². The number of nitrogens with one attached hydrogen (secondary N) is 1. The fraction of sp³-hybridized carbons (Fsp3) is 0.273. The summed E-state index contributed by atoms with van der Waals surface area (Å²) in [6.07, 6.45) is 6.36. The average Bonchev–Trinajstić information content (AvgIpc) is 2.69. The lowest BCUT2D eigenvalue weighted by molar-refractivity contribution is -0.141. The van der Waals surface area contributed by atoms with Crippen LogP contribution in [0.4, 0.5) is 0 Å². The lowest BCUT2D eigenvalue weighted by atomic mass is 9.97. The van der Waals surface area contributed by atoms with Crippen molar-refractivity contribution in [3.63, 3.8) is 0 Å². The van der Waals surface area contributed by atoms with E-state index in [2.05, 4.69) is 22.2 Å². The van der Waals surface area contributed by atoms with Crippen molar-refractivity contribution < 1.29 is 14.3 Å². The van der Waals surface area contributed by atoms with Gasteiger partial charge in [-0.05, 0) is 30.4 Å². The van der Waals surface area contributed by atoms with Crippen LogP contribution in [0.25, 0.3) is 0 Å². The number of carbonyl (C=O) groups is 2. The minimum Gasteiger partial charge on any atom is -0.468 e. The zero-order valence-corrected chi connectivity index (χ0v) is 15.1. The van der Waals surface area contributed by atoms with E-state index in [9.17, 15) is 9.59 Å². The van der Waals surface area contributed by atoms with Gasteiger partial charge in [0.2, 0.25) is 5.91 Å². The van der Waals surface area contributed by atoms with Crippen LogP contribution in [0.3, 0.4) is 0 Å². The molecule has 0 unspecified atom stereocenters. The standard InChI is InChI=1S/C22H25NO3/c1-26-21(24)17-23-22(25)20(16-19-13-6-3-7-14-19)15-9-8-12-18-10-4-2-5-11-18/h2-7,9-11,13-15,20H,8,12,16-17H2,1H3,(H,23,25)/b15-9+/t20-/m0/s1. The van der Waals surface area contributed by atoms with E-state index in [0.29, 0.717) is 6.42 Å². The largest absolute Gasteiger partial charge is 0.468 e. The Morgan fingerprint density at radius 3 is 2.23 bits per heavy atom. The molecule has 0 saturated carbocycles. The quantitative estimate of drug-likeness (QED) is 0.557. The van der Waals surface area contributed by atoms with E-state index in [4.69, 9.17) is 0 Å². The zero-order chi connectivity index (χ0) is 18.6. The first-order chi connectivity index (χ1) is 12.7. The molecule has 136 valence electrons. The van der Waals surface area contributed by atoms with E-state index in [1.54, 1.807) is 0 Å². The van der Waals surface area contributed by atoms with Gasteiger partial charge in [0.05, 0.1) is 13.0 Å². The Morgan fingerprint density at radius 2 is 1.62 bits per heavy atom. The minimum absolute atomic E-state index is 0.113. The third-order valence-electron chi connectivity index (χ3n) is 4.08. The van der Waals surface area contributed by atoms with Gasteiger partial charge in [0, 0.05) is 0 Å². The number of methoxy groups -OCH3 is 1. The molecule has 0 saturated heterocycles. The van der Waals surface area contributed by atoms with Crippen molar-refractivity contribution in [3.8, 4) is 0 Å². The average molecular weight is 351 g/mol. The summed E-state index contributed by atoms with van der Waals surface area (Å²) in [5, 5.41) is 2.65. The van der Waals surface area contributed by atoms with Crippen LogP contribution in [0, 0.1) is 5.92 Å². The molecule has 2 aromatic carbocycles. The molecule has 1 amide bonds. The molecule has 4 heteroatoms. The van der Waals surface area contributed by atoms with Crippen LogP contribution in [0.1, 0.15) is 17.5 Å². The first-order valence-electron chi connectivity index (χ1n) is 8.78. The van der Waals surface area contributed by atoms with Gasteiger partial charge in [0.25, 0.3) is 0 Å². The second-order valence-corrected chi connectivity index (χ2v) is 6.04. The first kappa shape index (κ1) is 19.4. The van der Waals surface area contributed by atoms with E-state index in [-0.39, 0.29) is 18.4 Å². The number of rotatable bonds is 9. The molecular weight excluding hydrogens is 326 g/mol. The second-order valence-electron chi connectivity index (χ2n) is 6.04. The molecule has 0 heterocycles. The van der Waals surface area contributed by atoms with Gasteiger partial charge in [0.1, 0.15) is 6.54 Å². The number of carbonyl (C=O) groups excluding carboxylic acids is 2. The predicted octanol–water partition coefficient (Wildman–Crippen LogP) is 3.32. The molecular formula is C22H25NO3. The number of esters is 1. The van der Waals surface area contributed by atoms with Gasteiger partial charge in [0.15, 0.2) is 0 Å². The Bertz CT molecular complexity index is 711. The van der Waals surface area contributed by atoms with Crippen molar-refractivity contribution in [1.29, 1.82) is 0 Å². The van der Waals surface area contributed by atoms with Gasteiger partial charge in [-0.25, -0.2) is 0 Å². The van der Waals surface area contributed by atoms with Crippen molar-refractivity contribution in [1.82, 2.24) is 5.32 Å². The van der Waals surface area contributed by atoms with Crippen LogP contribution in [0.15, 0.2) is 72.8 Å². The fourth-order valence-corrected chi connectivity index (χ4v) is 2.63. The molecule has 1 atom stereocenters. The molecule has 2 aromatic rings. The molecule has 0 aromatic heterocycles. The summed E-state index contributed by atoms with van der Waals surface area (Å²) >= 11 is 0. The number of aryl methyl sites for hydroxylation is 1. The Labute approximate surface area is 154 Å². The van der Waals surface area contributed by atoms with Gasteiger partial charge in [-0.15, -0.1) is 0 Å². The Morgan fingerprint density at radius 1 is 1.00 bits per heavy atom. The van der Waals surface area contributed by atoms with Crippen LogP contribution in [0.2, 0.25) is 0 Å². The number of allylic oxidation sites excluding steroid dienone is 1. The van der Waals surface area contributed by atoms with Gasteiger partial charge >= 0.3 is 5.97 Å². The summed E-state index contributed by atoms with van der Waals surface area (Å²) in [6.45, 7) is -0.113. The van der Waals surface area contributed by atoms with Crippen LogP contribution in [0.5, 0.6) is 0 Å². The monoisotopic (exact) mass is 351 g/mol. The molecule has 0 radical (unpaired) electrons. The van der Waals surface area contributed by atoms with E-state index in [1.165, 1.54) is 12.7 Å². The number of benzene rings is 2. The number of amides is 1. The minimum atomic E-state index is -0.454. The maximum absolute atomic E-state index is 12.5. The highest BCUT2D eigenvalue weighted by Crippen LogP contribution is 2.12. The summed E-state index contributed by atoms with van der Waals surface area (Å²) < 4.78 is 4.57. The summed E-state index contributed by atoms with van der Waals surface area (Å²) in [5.41, 5.74) is 2.35. The second kappa shape index (κ2) is 10.9. The molecule has 0 aliphatic heterocycles. The first-order valence-corrected chi connectivity index (χ1v) is 8.78. The molecule has 1 N–H and O–H groups in total. The fourth-order valence-electron chi connectivity index (χ4n) is 2.63. The van der Waals surface area contributed by atoms with E-state index < -0.39 is 5.97 Å². The van der Waals surface area contributed by atoms with Crippen molar-refractivity contribution in [3.05, 3.63) is 83.9 Å². The van der Waals surface area contributed by atoms with Crippen LogP contribution in [-0.2, 0) is 27.2 Å². The number of hydrogen-bond donors (Lipinski definition) is 1. The number of hydrogen-bond acceptors (Lipinski definition) is 3. The van der Waals surface area contributed by atoms with Gasteiger partial charge in [-0.3, -0.25) is 9.59 Å². The van der Waals surface area contributed by atoms with E-state index in [0.717, 1.165) is 18.4 Å². The Balaban J connectivity index is 1.95. The SMILES string of the molecule is COC(=O)CNC(=O)[C@@H](/C=C/CCc1ccccc1)Cc1ccccc1. The van der Waals surface area contributed by atoms with Gasteiger partial charge in [-0.1, -0.05) is 72.8 Å². The molecule has 0 spiro atoms. The maximum Gasteiger partial charge on any atom is 0.325 e. The predicted molar refractivity (Wildman–Crippen MR) is 103 cm³/mol. The van der Waals surface area contributed by atoms with Crippen molar-refractivity contribution in [2.24, 2.45) is 5.92 Å². The van der Waals surface area contributed by atoms with Crippen molar-refractivity contribution in [2.75, 3.05) is 13.7 Å². The highest BCUT2D eigenvalue weighted by molar-refractivity contribution is 5.84. The Hall–Kier alpha value is -2.88. The third-order valence-corrected chi connectivity index (χ3v) is 4.08. The number of ether oxygens (including phenoxy) is 1. The van der Waals surface area contributed by atoms with Gasteiger partial charge in [-0.2, -0.15) is 0 Å². The molecule has 4 nitrogen and oxygen atoms in total. The summed E-state index contributed by atoms with van der Waals surface area (Å²) in [4.78, 5) is 23.7. The van der Waals surface area contributed by atoms with Crippen molar-refractivity contribution in [2.45, 2.75) is 19.3 Å². The van der Waals surface area contributed by atoms with E-state index >= 15 is 0 Å². The lowest BCUT2D eigenvalue weighted by Gasteiger charge is -2.13. The third kappa shape index (κ3) is 6.93. The molecule has 0 bridgehead atoms. The maximum atomic E-state index is 12.5. The van der Waals surface area contributed by atoms with E-state index in [1.807, 2.05) is 60.7 Å². The van der Waals surface area contributed by atoms with Crippen LogP contribution >= 0.6 is 0 Å². The highest BCUT2D eigenvalue weighted by Gasteiger charge is 2.16. The van der Waals surface area contributed by atoms with Crippen molar-refractivity contribution >= 4 is 11.9 Å². The zero-order valence-electron chi connectivity index (χ0n) is 15.1. The summed E-state index contributed by atoms with van der Waals surface area (Å²) in [5.74, 6) is -0.946.